The molecular formula is C24H23FN4O3S2. The summed E-state index contributed by atoms with van der Waals surface area (Å²) in [5.41, 5.74) is 0.294. The lowest BCUT2D eigenvalue weighted by Crippen LogP contribution is -2.27. The molecule has 0 bridgehead atoms. The van der Waals surface area contributed by atoms with E-state index in [0.717, 1.165) is 4.88 Å². The maximum atomic E-state index is 14.7. The summed E-state index contributed by atoms with van der Waals surface area (Å²) in [6.45, 7) is 0.610. The van der Waals surface area contributed by atoms with E-state index in [-0.39, 0.29) is 18.3 Å². The standard InChI is InChI=1S/C24H23FN4O3S2/c1-28(14-19-6-5-13-33-19)23(30)16-34-24-27-26-22(29(24)21-8-4-3-7-20(21)25)15-32-18-11-9-17(31-2)10-12-18/h3-13H,14-16H2,1-2H3. The normalized spacial score (nSPS) is 10.8. The minimum atomic E-state index is -0.420. The maximum absolute atomic E-state index is 14.7. The van der Waals surface area contributed by atoms with Gasteiger partial charge in [0.2, 0.25) is 5.91 Å². The molecule has 0 N–H and O–H groups in total. The van der Waals surface area contributed by atoms with Gasteiger partial charge in [0.05, 0.1) is 25.1 Å². The van der Waals surface area contributed by atoms with Gasteiger partial charge in [-0.3, -0.25) is 9.36 Å². The van der Waals surface area contributed by atoms with Crippen LogP contribution in [-0.2, 0) is 17.9 Å². The number of aromatic nitrogens is 3. The Kier molecular flexibility index (Phi) is 7.81. The number of benzene rings is 2. The lowest BCUT2D eigenvalue weighted by Gasteiger charge is -2.16. The second-order valence-corrected chi connectivity index (χ2v) is 9.24. The van der Waals surface area contributed by atoms with Crippen LogP contribution in [0.5, 0.6) is 11.5 Å². The zero-order chi connectivity index (χ0) is 23.9. The lowest BCUT2D eigenvalue weighted by molar-refractivity contribution is -0.127. The van der Waals surface area contributed by atoms with Gasteiger partial charge in [0.1, 0.15) is 23.9 Å². The van der Waals surface area contributed by atoms with Crippen molar-refractivity contribution in [2.24, 2.45) is 0 Å². The molecule has 4 rings (SSSR count). The van der Waals surface area contributed by atoms with Crippen LogP contribution in [-0.4, -0.2) is 45.5 Å². The van der Waals surface area contributed by atoms with Gasteiger partial charge in [-0.15, -0.1) is 21.5 Å². The molecular weight excluding hydrogens is 475 g/mol. The smallest absolute Gasteiger partial charge is 0.233 e. The molecule has 1 amide bonds. The molecule has 2 aromatic heterocycles. The van der Waals surface area contributed by atoms with Crippen LogP contribution < -0.4 is 9.47 Å². The van der Waals surface area contributed by atoms with Crippen LogP contribution in [0.4, 0.5) is 4.39 Å². The summed E-state index contributed by atoms with van der Waals surface area (Å²) in [4.78, 5) is 15.4. The van der Waals surface area contributed by atoms with Crippen molar-refractivity contribution in [2.45, 2.75) is 18.3 Å². The Morgan fingerprint density at radius 1 is 1.09 bits per heavy atom. The first kappa shape index (κ1) is 23.8. The van der Waals surface area contributed by atoms with E-state index in [4.69, 9.17) is 9.47 Å². The number of ether oxygens (including phenoxy) is 2. The first-order valence-corrected chi connectivity index (χ1v) is 12.3. The number of thioether (sulfide) groups is 1. The molecule has 0 saturated heterocycles. The number of amides is 1. The fraction of sp³-hybridized carbons (Fsp3) is 0.208. The van der Waals surface area contributed by atoms with Gasteiger partial charge in [0.15, 0.2) is 11.0 Å². The Hall–Kier alpha value is -3.37. The summed E-state index contributed by atoms with van der Waals surface area (Å²) >= 11 is 2.81. The molecule has 0 aliphatic carbocycles. The van der Waals surface area contributed by atoms with Crippen LogP contribution >= 0.6 is 23.1 Å². The van der Waals surface area contributed by atoms with Crippen molar-refractivity contribution >= 4 is 29.0 Å². The molecule has 0 radical (unpaired) electrons. The minimum absolute atomic E-state index is 0.0579. The highest BCUT2D eigenvalue weighted by molar-refractivity contribution is 7.99. The summed E-state index contributed by atoms with van der Waals surface area (Å²) in [5.74, 6) is 1.42. The Bertz CT molecular complexity index is 1230. The van der Waals surface area contributed by atoms with Crippen LogP contribution in [0, 0.1) is 5.82 Å². The van der Waals surface area contributed by atoms with Gasteiger partial charge < -0.3 is 14.4 Å². The molecule has 2 aromatic carbocycles. The van der Waals surface area contributed by atoms with E-state index < -0.39 is 5.82 Å². The molecule has 0 aliphatic rings. The maximum Gasteiger partial charge on any atom is 0.233 e. The van der Waals surface area contributed by atoms with E-state index in [1.54, 1.807) is 77.4 Å². The highest BCUT2D eigenvalue weighted by Gasteiger charge is 2.20. The Labute approximate surface area is 205 Å². The number of halogens is 1. The second-order valence-electron chi connectivity index (χ2n) is 7.27. The largest absolute Gasteiger partial charge is 0.497 e. The average molecular weight is 499 g/mol. The van der Waals surface area contributed by atoms with E-state index >= 15 is 0 Å². The van der Waals surface area contributed by atoms with Gasteiger partial charge in [-0.05, 0) is 47.8 Å². The van der Waals surface area contributed by atoms with E-state index in [0.29, 0.717) is 34.7 Å². The van der Waals surface area contributed by atoms with Crippen molar-refractivity contribution in [3.63, 3.8) is 0 Å². The van der Waals surface area contributed by atoms with Crippen LogP contribution in [0.2, 0.25) is 0 Å². The molecule has 0 saturated carbocycles. The molecule has 10 heteroatoms. The van der Waals surface area contributed by atoms with Crippen LogP contribution in [0.25, 0.3) is 5.69 Å². The highest BCUT2D eigenvalue weighted by atomic mass is 32.2. The van der Waals surface area contributed by atoms with Crippen molar-refractivity contribution in [3.05, 3.63) is 82.6 Å². The first-order chi connectivity index (χ1) is 16.5. The topological polar surface area (TPSA) is 69.5 Å². The van der Waals surface area contributed by atoms with Crippen molar-refractivity contribution in [2.75, 3.05) is 19.9 Å². The number of methoxy groups -OCH3 is 1. The molecule has 0 fully saturated rings. The number of thiophene rings is 1. The van der Waals surface area contributed by atoms with Crippen molar-refractivity contribution < 1.29 is 18.7 Å². The number of nitrogens with zero attached hydrogens (tertiary/aromatic N) is 4. The number of para-hydroxylation sites is 1. The fourth-order valence-electron chi connectivity index (χ4n) is 3.14. The van der Waals surface area contributed by atoms with Gasteiger partial charge in [-0.25, -0.2) is 4.39 Å². The summed E-state index contributed by atoms with van der Waals surface area (Å²) in [6, 6.07) is 17.5. The summed E-state index contributed by atoms with van der Waals surface area (Å²) in [7, 11) is 3.36. The lowest BCUT2D eigenvalue weighted by atomic mass is 10.3. The number of rotatable bonds is 10. The number of carbonyl (C=O) groups excluding carboxylic acids is 1. The van der Waals surface area contributed by atoms with Gasteiger partial charge in [-0.2, -0.15) is 0 Å². The predicted molar refractivity (Wildman–Crippen MR) is 130 cm³/mol. The Morgan fingerprint density at radius 2 is 1.85 bits per heavy atom. The van der Waals surface area contributed by atoms with Gasteiger partial charge >= 0.3 is 0 Å². The zero-order valence-corrected chi connectivity index (χ0v) is 20.3. The van der Waals surface area contributed by atoms with E-state index in [9.17, 15) is 9.18 Å². The summed E-state index contributed by atoms with van der Waals surface area (Å²) < 4.78 is 27.3. The van der Waals surface area contributed by atoms with E-state index in [1.165, 1.54) is 17.8 Å². The molecule has 4 aromatic rings. The SMILES string of the molecule is COc1ccc(OCc2nnc(SCC(=O)N(C)Cc3cccs3)n2-c2ccccc2F)cc1. The van der Waals surface area contributed by atoms with Gasteiger partial charge in [-0.1, -0.05) is 30.0 Å². The Morgan fingerprint density at radius 3 is 2.56 bits per heavy atom. The molecule has 176 valence electrons. The molecule has 0 unspecified atom stereocenters. The second kappa shape index (κ2) is 11.2. The van der Waals surface area contributed by atoms with E-state index in [1.807, 2.05) is 17.5 Å². The third-order valence-electron chi connectivity index (χ3n) is 4.94. The summed E-state index contributed by atoms with van der Waals surface area (Å²) in [6.07, 6.45) is 0. The molecule has 0 spiro atoms. The quantitative estimate of drug-likeness (QED) is 0.293. The number of hydrogen-bond acceptors (Lipinski definition) is 7. The Balaban J connectivity index is 1.50. The van der Waals surface area contributed by atoms with Crippen molar-refractivity contribution in [1.82, 2.24) is 19.7 Å². The predicted octanol–water partition coefficient (Wildman–Crippen LogP) is 4.81. The third-order valence-corrected chi connectivity index (χ3v) is 6.72. The number of hydrogen-bond donors (Lipinski definition) is 0. The number of carbonyl (C=O) groups is 1. The summed E-state index contributed by atoms with van der Waals surface area (Å²) in [5, 5.41) is 10.8. The van der Waals surface area contributed by atoms with Crippen LogP contribution in [0.1, 0.15) is 10.7 Å². The van der Waals surface area contributed by atoms with Gasteiger partial charge in [0.25, 0.3) is 0 Å². The van der Waals surface area contributed by atoms with Crippen LogP contribution in [0.3, 0.4) is 0 Å². The van der Waals surface area contributed by atoms with Crippen molar-refractivity contribution in [1.29, 1.82) is 0 Å². The fourth-order valence-corrected chi connectivity index (χ4v) is 4.80. The molecule has 2 heterocycles. The molecule has 0 atom stereocenters. The van der Waals surface area contributed by atoms with Crippen LogP contribution in [0.15, 0.2) is 71.2 Å². The zero-order valence-electron chi connectivity index (χ0n) is 18.7. The van der Waals surface area contributed by atoms with Gasteiger partial charge in [0, 0.05) is 11.9 Å². The van der Waals surface area contributed by atoms with Crippen molar-refractivity contribution in [3.8, 4) is 17.2 Å². The minimum Gasteiger partial charge on any atom is -0.497 e. The van der Waals surface area contributed by atoms with E-state index in [2.05, 4.69) is 10.2 Å². The molecule has 7 nitrogen and oxygen atoms in total. The monoisotopic (exact) mass is 498 g/mol. The third kappa shape index (κ3) is 5.75. The highest BCUT2D eigenvalue weighted by Crippen LogP contribution is 2.26. The first-order valence-electron chi connectivity index (χ1n) is 10.4. The molecule has 34 heavy (non-hydrogen) atoms. The molecule has 0 aliphatic heterocycles. The average Bonchev–Trinajstić information content (AvgIpc) is 3.51.